The van der Waals surface area contributed by atoms with Gasteiger partial charge in [0.25, 0.3) is 0 Å². The Balaban J connectivity index is 1.93. The van der Waals surface area contributed by atoms with Gasteiger partial charge in [-0.3, -0.25) is 0 Å². The van der Waals surface area contributed by atoms with Crippen molar-refractivity contribution in [2.45, 2.75) is 18.9 Å². The van der Waals surface area contributed by atoms with Crippen molar-refractivity contribution in [3.05, 3.63) is 65.2 Å². The van der Waals surface area contributed by atoms with Gasteiger partial charge in [-0.05, 0) is 40.3 Å². The van der Waals surface area contributed by atoms with Crippen LogP contribution in [0.25, 0.3) is 11.4 Å². The number of halogens is 6. The molecule has 0 amide bonds. The van der Waals surface area contributed by atoms with E-state index in [2.05, 4.69) is 15.5 Å². The SMILES string of the molecule is FC(F)(F)c1cccc(Cn2nnnc2-c2cccc(C(F)(F)F)c2)c1. The lowest BCUT2D eigenvalue weighted by Gasteiger charge is -2.10. The summed E-state index contributed by atoms with van der Waals surface area (Å²) in [7, 11) is 0. The van der Waals surface area contributed by atoms with Gasteiger partial charge in [0.05, 0.1) is 17.7 Å². The van der Waals surface area contributed by atoms with Crippen molar-refractivity contribution >= 4 is 0 Å². The van der Waals surface area contributed by atoms with Crippen LogP contribution in [0.5, 0.6) is 0 Å². The van der Waals surface area contributed by atoms with Crippen molar-refractivity contribution in [2.75, 3.05) is 0 Å². The summed E-state index contributed by atoms with van der Waals surface area (Å²) in [6, 6.07) is 8.96. The van der Waals surface area contributed by atoms with Crippen LogP contribution in [0.3, 0.4) is 0 Å². The maximum absolute atomic E-state index is 12.8. The Labute approximate surface area is 143 Å². The van der Waals surface area contributed by atoms with Crippen LogP contribution < -0.4 is 0 Å². The van der Waals surface area contributed by atoms with E-state index in [-0.39, 0.29) is 23.5 Å². The number of nitrogens with zero attached hydrogens (tertiary/aromatic N) is 4. The molecule has 0 radical (unpaired) electrons. The normalized spacial score (nSPS) is 12.4. The van der Waals surface area contributed by atoms with Gasteiger partial charge < -0.3 is 0 Å². The third-order valence-corrected chi connectivity index (χ3v) is 3.57. The molecule has 0 bridgehead atoms. The lowest BCUT2D eigenvalue weighted by molar-refractivity contribution is -0.138. The van der Waals surface area contributed by atoms with Gasteiger partial charge in [0, 0.05) is 5.56 Å². The molecule has 26 heavy (non-hydrogen) atoms. The molecule has 10 heteroatoms. The number of tetrazole rings is 1. The minimum atomic E-state index is -4.53. The van der Waals surface area contributed by atoms with Crippen molar-refractivity contribution in [1.29, 1.82) is 0 Å². The average Bonchev–Trinajstić information content (AvgIpc) is 3.02. The van der Waals surface area contributed by atoms with Crippen molar-refractivity contribution in [2.24, 2.45) is 0 Å². The second-order valence-corrected chi connectivity index (χ2v) is 5.44. The van der Waals surface area contributed by atoms with Gasteiger partial charge in [0.15, 0.2) is 5.82 Å². The molecule has 0 aliphatic heterocycles. The van der Waals surface area contributed by atoms with Gasteiger partial charge in [-0.1, -0.05) is 24.3 Å². The highest BCUT2D eigenvalue weighted by atomic mass is 19.4. The Morgan fingerprint density at radius 2 is 1.42 bits per heavy atom. The largest absolute Gasteiger partial charge is 0.416 e. The Morgan fingerprint density at radius 3 is 2.08 bits per heavy atom. The zero-order valence-electron chi connectivity index (χ0n) is 12.9. The molecular weight excluding hydrogens is 362 g/mol. The van der Waals surface area contributed by atoms with Crippen LogP contribution in [-0.2, 0) is 18.9 Å². The van der Waals surface area contributed by atoms with Crippen molar-refractivity contribution in [1.82, 2.24) is 20.2 Å². The summed E-state index contributed by atoms with van der Waals surface area (Å²) < 4.78 is 78.1. The molecule has 1 heterocycles. The smallest absolute Gasteiger partial charge is 0.221 e. The molecule has 136 valence electrons. The average molecular weight is 372 g/mol. The van der Waals surface area contributed by atoms with Crippen LogP contribution in [0.15, 0.2) is 48.5 Å². The minimum Gasteiger partial charge on any atom is -0.221 e. The first-order valence-corrected chi connectivity index (χ1v) is 7.24. The van der Waals surface area contributed by atoms with E-state index in [1.54, 1.807) is 0 Å². The van der Waals surface area contributed by atoms with Crippen LogP contribution >= 0.6 is 0 Å². The Kier molecular flexibility index (Phi) is 4.43. The lowest BCUT2D eigenvalue weighted by atomic mass is 10.1. The van der Waals surface area contributed by atoms with Gasteiger partial charge in [-0.25, -0.2) is 4.68 Å². The highest BCUT2D eigenvalue weighted by Gasteiger charge is 2.31. The third kappa shape index (κ3) is 3.84. The molecule has 0 saturated heterocycles. The molecule has 3 aromatic rings. The molecular formula is C16H10F6N4. The van der Waals surface area contributed by atoms with Gasteiger partial charge in [-0.15, -0.1) is 5.10 Å². The van der Waals surface area contributed by atoms with E-state index in [4.69, 9.17) is 0 Å². The first kappa shape index (κ1) is 17.9. The van der Waals surface area contributed by atoms with Crippen LogP contribution in [0, 0.1) is 0 Å². The molecule has 0 saturated carbocycles. The van der Waals surface area contributed by atoms with Crippen LogP contribution in [0.2, 0.25) is 0 Å². The van der Waals surface area contributed by atoms with E-state index < -0.39 is 23.5 Å². The van der Waals surface area contributed by atoms with Crippen LogP contribution in [-0.4, -0.2) is 20.2 Å². The van der Waals surface area contributed by atoms with Crippen LogP contribution in [0.1, 0.15) is 16.7 Å². The fourth-order valence-electron chi connectivity index (χ4n) is 2.37. The molecule has 0 spiro atoms. The summed E-state index contributed by atoms with van der Waals surface area (Å²) in [5, 5.41) is 10.8. The number of benzene rings is 2. The summed E-state index contributed by atoms with van der Waals surface area (Å²) in [5.41, 5.74) is -1.33. The number of hydrogen-bond acceptors (Lipinski definition) is 3. The lowest BCUT2D eigenvalue weighted by Crippen LogP contribution is -2.09. The fraction of sp³-hybridized carbons (Fsp3) is 0.188. The summed E-state index contributed by atoms with van der Waals surface area (Å²) in [6.07, 6.45) is -9.03. The second kappa shape index (κ2) is 6.43. The molecule has 0 aliphatic carbocycles. The van der Waals surface area contributed by atoms with E-state index in [0.717, 1.165) is 28.9 Å². The molecule has 0 atom stereocenters. The summed E-state index contributed by atoms with van der Waals surface area (Å²) in [4.78, 5) is 0. The van der Waals surface area contributed by atoms with E-state index in [9.17, 15) is 26.3 Å². The van der Waals surface area contributed by atoms with Crippen molar-refractivity contribution < 1.29 is 26.3 Å². The molecule has 4 nitrogen and oxygen atoms in total. The fourth-order valence-corrected chi connectivity index (χ4v) is 2.37. The van der Waals surface area contributed by atoms with Crippen LogP contribution in [0.4, 0.5) is 26.3 Å². The van der Waals surface area contributed by atoms with Crippen molar-refractivity contribution in [3.63, 3.8) is 0 Å². The first-order valence-electron chi connectivity index (χ1n) is 7.24. The standard InChI is InChI=1S/C16H10F6N4/c17-15(18,19)12-5-1-3-10(7-12)9-26-14(23-24-25-26)11-4-2-6-13(8-11)16(20,21)22/h1-8H,9H2. The molecule has 0 aliphatic rings. The van der Waals surface area contributed by atoms with Crippen molar-refractivity contribution in [3.8, 4) is 11.4 Å². The van der Waals surface area contributed by atoms with E-state index in [1.165, 1.54) is 24.3 Å². The topological polar surface area (TPSA) is 43.6 Å². The molecule has 2 aromatic carbocycles. The summed E-state index contributed by atoms with van der Waals surface area (Å²) in [6.45, 7) is -0.123. The highest BCUT2D eigenvalue weighted by molar-refractivity contribution is 5.56. The highest BCUT2D eigenvalue weighted by Crippen LogP contribution is 2.32. The third-order valence-electron chi connectivity index (χ3n) is 3.57. The van der Waals surface area contributed by atoms with E-state index >= 15 is 0 Å². The Morgan fingerprint density at radius 1 is 0.808 bits per heavy atom. The summed E-state index contributed by atoms with van der Waals surface area (Å²) in [5.74, 6) is 0.0218. The minimum absolute atomic E-state index is 0.0218. The maximum Gasteiger partial charge on any atom is 0.416 e. The maximum atomic E-state index is 12.8. The number of alkyl halides is 6. The molecule has 0 unspecified atom stereocenters. The Bertz CT molecular complexity index is 913. The van der Waals surface area contributed by atoms with Gasteiger partial charge in [0.1, 0.15) is 0 Å². The summed E-state index contributed by atoms with van der Waals surface area (Å²) >= 11 is 0. The molecule has 1 aromatic heterocycles. The zero-order chi connectivity index (χ0) is 18.9. The monoisotopic (exact) mass is 372 g/mol. The quantitative estimate of drug-likeness (QED) is 0.639. The van der Waals surface area contributed by atoms with Gasteiger partial charge in [0.2, 0.25) is 0 Å². The van der Waals surface area contributed by atoms with Gasteiger partial charge in [-0.2, -0.15) is 26.3 Å². The van der Waals surface area contributed by atoms with Gasteiger partial charge >= 0.3 is 12.4 Å². The number of hydrogen-bond donors (Lipinski definition) is 0. The second-order valence-electron chi connectivity index (χ2n) is 5.44. The number of aromatic nitrogens is 4. The molecule has 0 N–H and O–H groups in total. The zero-order valence-corrected chi connectivity index (χ0v) is 12.9. The molecule has 0 fully saturated rings. The first-order chi connectivity index (χ1) is 12.1. The molecule has 3 rings (SSSR count). The predicted molar refractivity (Wildman–Crippen MR) is 78.8 cm³/mol. The number of rotatable bonds is 3. The Hall–Kier alpha value is -2.91. The van der Waals surface area contributed by atoms with E-state index in [0.29, 0.717) is 0 Å². The van der Waals surface area contributed by atoms with E-state index in [1.807, 2.05) is 0 Å². The predicted octanol–water partition coefficient (Wildman–Crippen LogP) is 4.43.